The molecule has 2 saturated heterocycles. The van der Waals surface area contributed by atoms with Crippen LogP contribution in [0.2, 0.25) is 0 Å². The zero-order chi connectivity index (χ0) is 18.5. The number of Topliss-reactive ketones (excluding diaryl/α,β-unsaturated/α-hetero) is 1. The Morgan fingerprint density at radius 2 is 1.96 bits per heavy atom. The molecule has 2 aliphatic carbocycles. The lowest BCUT2D eigenvalue weighted by Gasteiger charge is -2.58. The predicted octanol–water partition coefficient (Wildman–Crippen LogP) is 2.55. The molecule has 6 nitrogen and oxygen atoms in total. The number of fused-ring (bicyclic) bond motifs is 4. The van der Waals surface area contributed by atoms with E-state index < -0.39 is 34.1 Å². The predicted molar refractivity (Wildman–Crippen MR) is 88.9 cm³/mol. The van der Waals surface area contributed by atoms with Crippen molar-refractivity contribution in [2.45, 2.75) is 69.9 Å². The molecule has 5 rings (SSSR count). The number of cyclic esters (lactones) is 1. The van der Waals surface area contributed by atoms with Gasteiger partial charge >= 0.3 is 5.97 Å². The summed E-state index contributed by atoms with van der Waals surface area (Å²) in [7, 11) is 0. The van der Waals surface area contributed by atoms with Crippen LogP contribution in [0.25, 0.3) is 0 Å². The normalized spacial score (nSPS) is 52.5. The summed E-state index contributed by atoms with van der Waals surface area (Å²) in [6.45, 7) is 5.58. The second kappa shape index (κ2) is 4.60. The average Bonchev–Trinajstić information content (AvgIpc) is 2.95. The maximum Gasteiger partial charge on any atom is 0.316 e. The number of esters is 1. The second-order valence-corrected chi connectivity index (χ2v) is 9.06. The molecule has 1 N–H and O–H groups in total. The first-order valence-electron chi connectivity index (χ1n) is 9.33. The Bertz CT molecular complexity index is 797. The van der Waals surface area contributed by atoms with Gasteiger partial charge in [0.15, 0.2) is 5.78 Å². The summed E-state index contributed by atoms with van der Waals surface area (Å²) < 4.78 is 16.8. The topological polar surface area (TPSA) is 89.3 Å². The van der Waals surface area contributed by atoms with Crippen LogP contribution in [0.5, 0.6) is 0 Å². The third kappa shape index (κ3) is 1.62. The van der Waals surface area contributed by atoms with Crippen LogP contribution in [0.15, 0.2) is 23.0 Å². The molecule has 4 aliphatic rings. The molecule has 2 aliphatic heterocycles. The van der Waals surface area contributed by atoms with Crippen LogP contribution in [-0.2, 0) is 19.1 Å². The molecule has 1 aromatic heterocycles. The van der Waals surface area contributed by atoms with Gasteiger partial charge in [0, 0.05) is 23.8 Å². The lowest BCUT2D eigenvalue weighted by Crippen LogP contribution is -2.69. The average molecular weight is 360 g/mol. The van der Waals surface area contributed by atoms with E-state index in [1.54, 1.807) is 12.3 Å². The standard InChI is InChI=1S/C20H24O6/c1-17-9-14(21)18(2,23)20(13(17)4-5-15-19(17,3)26-15)8-12(25-16(20)22)11-6-7-24-10-11/h6-7,10,12-13,15,23H,4-5,8-9H2,1-3H3. The number of hydrogen-bond acceptors (Lipinski definition) is 6. The van der Waals surface area contributed by atoms with Gasteiger partial charge in [0.2, 0.25) is 0 Å². The molecule has 0 amide bonds. The van der Waals surface area contributed by atoms with Crippen LogP contribution in [0.4, 0.5) is 0 Å². The van der Waals surface area contributed by atoms with Crippen molar-refractivity contribution in [1.29, 1.82) is 0 Å². The molecule has 0 bridgehead atoms. The molecule has 0 radical (unpaired) electrons. The third-order valence-corrected chi connectivity index (χ3v) is 8.14. The fourth-order valence-electron chi connectivity index (χ4n) is 6.24. The van der Waals surface area contributed by atoms with Gasteiger partial charge in [-0.05, 0) is 38.7 Å². The van der Waals surface area contributed by atoms with E-state index in [2.05, 4.69) is 0 Å². The summed E-state index contributed by atoms with van der Waals surface area (Å²) in [5.74, 6) is -0.935. The SMILES string of the molecule is CC1(O)C(=O)CC2(C)C(CCC3OC32C)C12CC(c1ccoc1)OC2=O. The van der Waals surface area contributed by atoms with Crippen LogP contribution < -0.4 is 0 Å². The van der Waals surface area contributed by atoms with Crippen molar-refractivity contribution in [2.75, 3.05) is 0 Å². The van der Waals surface area contributed by atoms with Crippen molar-refractivity contribution < 1.29 is 28.6 Å². The Hall–Kier alpha value is -1.66. The molecule has 1 aromatic rings. The van der Waals surface area contributed by atoms with Crippen molar-refractivity contribution in [3.8, 4) is 0 Å². The van der Waals surface area contributed by atoms with Gasteiger partial charge in [0.05, 0.1) is 24.2 Å². The molecule has 3 heterocycles. The molecule has 0 aromatic carbocycles. The maximum absolute atomic E-state index is 13.2. The van der Waals surface area contributed by atoms with Crippen molar-refractivity contribution in [2.24, 2.45) is 16.7 Å². The van der Waals surface area contributed by atoms with E-state index in [-0.39, 0.29) is 30.6 Å². The van der Waals surface area contributed by atoms with Crippen LogP contribution in [0, 0.1) is 16.7 Å². The quantitative estimate of drug-likeness (QED) is 0.611. The molecule has 7 atom stereocenters. The number of epoxide rings is 1. The first-order valence-corrected chi connectivity index (χ1v) is 9.33. The highest BCUT2D eigenvalue weighted by atomic mass is 16.6. The summed E-state index contributed by atoms with van der Waals surface area (Å²) in [5, 5.41) is 11.3. The van der Waals surface area contributed by atoms with Gasteiger partial charge in [0.1, 0.15) is 17.1 Å². The molecular weight excluding hydrogens is 336 g/mol. The monoisotopic (exact) mass is 360 g/mol. The Kier molecular flexibility index (Phi) is 2.92. The zero-order valence-electron chi connectivity index (χ0n) is 15.3. The van der Waals surface area contributed by atoms with Gasteiger partial charge in [-0.25, -0.2) is 0 Å². The number of ether oxygens (including phenoxy) is 2. The third-order valence-electron chi connectivity index (χ3n) is 8.14. The van der Waals surface area contributed by atoms with Gasteiger partial charge in [-0.2, -0.15) is 0 Å². The van der Waals surface area contributed by atoms with Gasteiger partial charge < -0.3 is 19.0 Å². The van der Waals surface area contributed by atoms with Crippen molar-refractivity contribution >= 4 is 11.8 Å². The molecule has 1 spiro atoms. The maximum atomic E-state index is 13.2. The van der Waals surface area contributed by atoms with Gasteiger partial charge in [-0.3, -0.25) is 9.59 Å². The summed E-state index contributed by atoms with van der Waals surface area (Å²) in [6.07, 6.45) is 4.81. The number of furan rings is 1. The summed E-state index contributed by atoms with van der Waals surface area (Å²) in [5.41, 5.74) is -3.14. The van der Waals surface area contributed by atoms with E-state index in [1.165, 1.54) is 13.2 Å². The molecule has 4 fully saturated rings. The second-order valence-electron chi connectivity index (χ2n) is 9.06. The largest absolute Gasteiger partial charge is 0.472 e. The first kappa shape index (κ1) is 16.5. The number of carbonyl (C=O) groups excluding carboxylic acids is 2. The van der Waals surface area contributed by atoms with Crippen molar-refractivity contribution in [3.63, 3.8) is 0 Å². The van der Waals surface area contributed by atoms with Crippen LogP contribution >= 0.6 is 0 Å². The fraction of sp³-hybridized carbons (Fsp3) is 0.700. The number of hydrogen-bond donors (Lipinski definition) is 1. The van der Waals surface area contributed by atoms with Gasteiger partial charge in [-0.1, -0.05) is 6.92 Å². The Balaban J connectivity index is 1.65. The fourth-order valence-corrected chi connectivity index (χ4v) is 6.24. The molecule has 26 heavy (non-hydrogen) atoms. The number of rotatable bonds is 1. The number of ketones is 1. The minimum absolute atomic E-state index is 0.138. The lowest BCUT2D eigenvalue weighted by atomic mass is 9.42. The van der Waals surface area contributed by atoms with Crippen molar-refractivity contribution in [3.05, 3.63) is 24.2 Å². The molecular formula is C20H24O6. The zero-order valence-corrected chi connectivity index (χ0v) is 15.3. The Morgan fingerprint density at radius 3 is 2.65 bits per heavy atom. The minimum atomic E-state index is -1.75. The molecule has 140 valence electrons. The van der Waals surface area contributed by atoms with E-state index >= 15 is 0 Å². The highest BCUT2D eigenvalue weighted by Gasteiger charge is 2.80. The molecule has 2 saturated carbocycles. The van der Waals surface area contributed by atoms with E-state index in [9.17, 15) is 14.7 Å². The van der Waals surface area contributed by atoms with Crippen LogP contribution in [-0.4, -0.2) is 34.2 Å². The smallest absolute Gasteiger partial charge is 0.316 e. The Labute approximate surface area is 151 Å². The summed E-state index contributed by atoms with van der Waals surface area (Å²) in [6, 6.07) is 1.76. The van der Waals surface area contributed by atoms with E-state index in [0.29, 0.717) is 0 Å². The van der Waals surface area contributed by atoms with Crippen LogP contribution in [0.3, 0.4) is 0 Å². The van der Waals surface area contributed by atoms with E-state index in [1.807, 2.05) is 13.8 Å². The molecule has 7 unspecified atom stereocenters. The number of aliphatic hydroxyl groups is 1. The highest BCUT2D eigenvalue weighted by molar-refractivity contribution is 5.97. The Morgan fingerprint density at radius 1 is 1.19 bits per heavy atom. The lowest BCUT2D eigenvalue weighted by molar-refractivity contribution is -0.203. The van der Waals surface area contributed by atoms with E-state index in [4.69, 9.17) is 13.9 Å². The highest BCUT2D eigenvalue weighted by Crippen LogP contribution is 2.72. The van der Waals surface area contributed by atoms with Crippen LogP contribution in [0.1, 0.15) is 58.1 Å². The van der Waals surface area contributed by atoms with Crippen molar-refractivity contribution in [1.82, 2.24) is 0 Å². The number of carbonyl (C=O) groups is 2. The van der Waals surface area contributed by atoms with E-state index in [0.717, 1.165) is 18.4 Å². The van der Waals surface area contributed by atoms with Gasteiger partial charge in [-0.15, -0.1) is 0 Å². The first-order chi connectivity index (χ1) is 12.2. The van der Waals surface area contributed by atoms with Gasteiger partial charge in [0.25, 0.3) is 0 Å². The summed E-state index contributed by atoms with van der Waals surface area (Å²) in [4.78, 5) is 26.3. The molecule has 6 heteroatoms. The minimum Gasteiger partial charge on any atom is -0.472 e. The summed E-state index contributed by atoms with van der Waals surface area (Å²) >= 11 is 0.